The van der Waals surface area contributed by atoms with Gasteiger partial charge in [-0.3, -0.25) is 24.4 Å². The number of halogens is 3. The van der Waals surface area contributed by atoms with Gasteiger partial charge in [0.25, 0.3) is 0 Å². The number of hydrogen-bond acceptors (Lipinski definition) is 12. The van der Waals surface area contributed by atoms with Crippen LogP contribution in [-0.4, -0.2) is 118 Å². The van der Waals surface area contributed by atoms with E-state index in [2.05, 4.69) is 55.3 Å². The molecule has 2 saturated heterocycles. The third-order valence-corrected chi connectivity index (χ3v) is 8.62. The van der Waals surface area contributed by atoms with Gasteiger partial charge >= 0.3 is 12.2 Å². The highest BCUT2D eigenvalue weighted by Crippen LogP contribution is 2.29. The van der Waals surface area contributed by atoms with Gasteiger partial charge in [-0.25, -0.2) is 18.4 Å². The van der Waals surface area contributed by atoms with E-state index in [1.807, 2.05) is 5.01 Å². The second-order valence-electron chi connectivity index (χ2n) is 12.3. The molecule has 2 atom stereocenters. The number of amides is 4. The first-order chi connectivity index (χ1) is 26.4. The second kappa shape index (κ2) is 20.7. The largest absolute Gasteiger partial charge is 0.442 e. The van der Waals surface area contributed by atoms with Gasteiger partial charge in [0, 0.05) is 32.3 Å². The van der Waals surface area contributed by atoms with Crippen molar-refractivity contribution in [3.63, 3.8) is 0 Å². The molecule has 0 aromatic heterocycles. The third-order valence-electron chi connectivity index (χ3n) is 8.17. The Balaban J connectivity index is 0.000000224. The highest BCUT2D eigenvalue weighted by Gasteiger charge is 2.34. The van der Waals surface area contributed by atoms with Gasteiger partial charge in [0.1, 0.15) is 36.5 Å². The zero-order chi connectivity index (χ0) is 39.9. The number of cyclic esters (lactones) is 2. The van der Waals surface area contributed by atoms with E-state index in [4.69, 9.17) is 9.47 Å². The van der Waals surface area contributed by atoms with E-state index in [-0.39, 0.29) is 38.0 Å². The minimum absolute atomic E-state index is 0.197. The van der Waals surface area contributed by atoms with Crippen LogP contribution in [0.5, 0.6) is 0 Å². The molecule has 16 nitrogen and oxygen atoms in total. The summed E-state index contributed by atoms with van der Waals surface area (Å²) in [6, 6.07) is 9.17. The van der Waals surface area contributed by atoms with Gasteiger partial charge in [-0.05, 0) is 36.4 Å². The molecule has 4 amide bonds. The first kappa shape index (κ1) is 42.0. The van der Waals surface area contributed by atoms with Crippen molar-refractivity contribution in [2.45, 2.75) is 26.1 Å². The Bertz CT molecular complexity index is 1770. The fourth-order valence-electron chi connectivity index (χ4n) is 5.52. The topological polar surface area (TPSA) is 164 Å². The molecule has 55 heavy (non-hydrogen) atoms. The van der Waals surface area contributed by atoms with E-state index in [1.54, 1.807) is 52.6 Å². The maximum atomic E-state index is 14.6. The lowest BCUT2D eigenvalue weighted by atomic mass is 10.2. The van der Waals surface area contributed by atoms with Crippen LogP contribution in [0.1, 0.15) is 13.8 Å². The lowest BCUT2D eigenvalue weighted by Gasteiger charge is -2.29. The molecule has 0 aliphatic carbocycles. The number of rotatable bonds is 11. The van der Waals surface area contributed by atoms with Gasteiger partial charge in [-0.2, -0.15) is 10.2 Å². The number of carbonyl (C=O) groups is 4. The molecule has 0 bridgehead atoms. The maximum Gasteiger partial charge on any atom is 0.414 e. The fourth-order valence-corrected chi connectivity index (χ4v) is 5.52. The van der Waals surface area contributed by atoms with Crippen LogP contribution in [0.3, 0.4) is 0 Å². The summed E-state index contributed by atoms with van der Waals surface area (Å²) in [6.45, 7) is 14.0. The summed E-state index contributed by atoms with van der Waals surface area (Å²) in [7, 11) is 0. The zero-order valence-electron chi connectivity index (χ0n) is 30.6. The molecule has 4 aliphatic rings. The summed E-state index contributed by atoms with van der Waals surface area (Å²) in [5, 5.41) is 16.1. The molecule has 0 spiro atoms. The van der Waals surface area contributed by atoms with Crippen molar-refractivity contribution < 1.29 is 37.4 Å². The van der Waals surface area contributed by atoms with Crippen LogP contribution < -0.4 is 35.7 Å². The van der Waals surface area contributed by atoms with Crippen LogP contribution in [0.25, 0.3) is 0 Å². The van der Waals surface area contributed by atoms with E-state index >= 15 is 0 Å². The minimum Gasteiger partial charge on any atom is -0.442 e. The van der Waals surface area contributed by atoms with Gasteiger partial charge in [0.2, 0.25) is 11.8 Å². The third kappa shape index (κ3) is 12.1. The number of carbonyl (C=O) groups excluding carboxylic acids is 4. The van der Waals surface area contributed by atoms with Gasteiger partial charge < -0.3 is 35.3 Å². The summed E-state index contributed by atoms with van der Waals surface area (Å²) in [4.78, 5) is 52.0. The van der Waals surface area contributed by atoms with Crippen LogP contribution in [0, 0.1) is 11.6 Å². The molecule has 296 valence electrons. The summed E-state index contributed by atoms with van der Waals surface area (Å²) in [5.74, 6) is -1.29. The molecular weight excluding hydrogens is 786 g/mol. The molecular formula is C36H45BrF2N10O6. The molecule has 4 aliphatic heterocycles. The number of ether oxygens (including phenoxy) is 2. The Morgan fingerprint density at radius 2 is 1.36 bits per heavy atom. The number of nitrogens with zero attached hydrogens (tertiary/aromatic N) is 7. The summed E-state index contributed by atoms with van der Waals surface area (Å²) in [6.07, 6.45) is 4.63. The van der Waals surface area contributed by atoms with Crippen molar-refractivity contribution in [1.29, 1.82) is 0 Å². The second-order valence-corrected chi connectivity index (χ2v) is 12.9. The first-order valence-corrected chi connectivity index (χ1v) is 18.5. The highest BCUT2D eigenvalue weighted by atomic mass is 79.9. The Morgan fingerprint density at radius 3 is 1.75 bits per heavy atom. The molecule has 2 aromatic carbocycles. The molecule has 2 fully saturated rings. The van der Waals surface area contributed by atoms with Crippen molar-refractivity contribution in [2.75, 3.05) is 83.8 Å². The Kier molecular flexibility index (Phi) is 15.8. The monoisotopic (exact) mass is 830 g/mol. The van der Waals surface area contributed by atoms with Crippen molar-refractivity contribution in [3.8, 4) is 0 Å². The molecule has 0 saturated carbocycles. The average molecular weight is 832 g/mol. The van der Waals surface area contributed by atoms with Crippen molar-refractivity contribution in [3.05, 3.63) is 73.3 Å². The van der Waals surface area contributed by atoms with Crippen LogP contribution >= 0.6 is 15.9 Å². The van der Waals surface area contributed by atoms with E-state index in [1.165, 1.54) is 42.1 Å². The van der Waals surface area contributed by atoms with Crippen LogP contribution in [-0.2, 0) is 19.1 Å². The molecule has 3 N–H and O–H groups in total. The number of hydrazone groups is 2. The SMILES string of the molecule is C=CCBr.C=CCN1CCN(c2ccc(N3C[C@H](CNC(C)=O)OC3=O)cc2F)C=N1.CC(=O)NC[C@H]1CN(c2ccc(N3C=NNCC3)c(F)c2)C(=O)O1. The smallest absolute Gasteiger partial charge is 0.414 e. The van der Waals surface area contributed by atoms with E-state index < -0.39 is 36.0 Å². The quantitative estimate of drug-likeness (QED) is 0.225. The van der Waals surface area contributed by atoms with E-state index in [0.717, 1.165) is 5.33 Å². The van der Waals surface area contributed by atoms with Gasteiger partial charge in [-0.15, -0.1) is 13.2 Å². The normalized spacial score (nSPS) is 18.6. The minimum atomic E-state index is -0.558. The van der Waals surface area contributed by atoms with Crippen molar-refractivity contribution >= 4 is 75.4 Å². The number of anilines is 4. The Morgan fingerprint density at radius 1 is 0.855 bits per heavy atom. The number of alkyl halides is 1. The van der Waals surface area contributed by atoms with E-state index in [0.29, 0.717) is 55.5 Å². The predicted molar refractivity (Wildman–Crippen MR) is 211 cm³/mol. The van der Waals surface area contributed by atoms with Crippen LogP contribution in [0.4, 0.5) is 41.1 Å². The molecule has 0 unspecified atom stereocenters. The highest BCUT2D eigenvalue weighted by molar-refractivity contribution is 9.09. The zero-order valence-corrected chi connectivity index (χ0v) is 32.2. The summed E-state index contributed by atoms with van der Waals surface area (Å²) in [5.41, 5.74) is 4.41. The average Bonchev–Trinajstić information content (AvgIpc) is 3.75. The number of benzene rings is 2. The number of allylic oxidation sites excluding steroid dienone is 1. The summed E-state index contributed by atoms with van der Waals surface area (Å²) < 4.78 is 39.4. The fraction of sp³-hybridized carbons (Fsp3) is 0.389. The predicted octanol–water partition coefficient (Wildman–Crippen LogP) is 3.75. The van der Waals surface area contributed by atoms with Gasteiger partial charge in [0.05, 0.1) is 68.6 Å². The standard InChI is InChI=1S/C18H22FN5O3.C15H18FN5O3.C3H5Br/c1-3-6-23-8-7-22(12-21-23)17-5-4-14(9-16(17)19)24-11-15(27-18(24)26)10-20-13(2)25;1-10(22)17-7-12-8-21(15(23)24-12)11-2-3-14(13(16)6-11)20-5-4-18-19-9-20;1-2-3-4/h3-5,9,12,15H,1,6-8,10-11H2,2H3,(H,20,25);2-3,6,9,12,18H,4-5,7-8H2,1H3,(H,17,22);2H,1,3H2/t15-;12-;/m00./s1. The van der Waals surface area contributed by atoms with Crippen molar-refractivity contribution in [2.24, 2.45) is 10.2 Å². The maximum absolute atomic E-state index is 14.6. The Hall–Kier alpha value is -5.72. The van der Waals surface area contributed by atoms with E-state index in [9.17, 15) is 28.0 Å². The molecule has 6 rings (SSSR count). The molecule has 2 aromatic rings. The van der Waals surface area contributed by atoms with Crippen molar-refractivity contribution in [1.82, 2.24) is 21.1 Å². The molecule has 0 radical (unpaired) electrons. The molecule has 4 heterocycles. The van der Waals surface area contributed by atoms with Crippen LogP contribution in [0.15, 0.2) is 71.9 Å². The Labute approximate surface area is 326 Å². The lowest BCUT2D eigenvalue weighted by Crippen LogP contribution is -2.38. The van der Waals surface area contributed by atoms with Gasteiger partial charge in [0.15, 0.2) is 0 Å². The van der Waals surface area contributed by atoms with Gasteiger partial charge in [-0.1, -0.05) is 28.1 Å². The number of hydrogen-bond donors (Lipinski definition) is 3. The number of nitrogens with one attached hydrogen (secondary N) is 3. The summed E-state index contributed by atoms with van der Waals surface area (Å²) >= 11 is 3.13. The molecule has 19 heteroatoms. The van der Waals surface area contributed by atoms with Crippen LogP contribution in [0.2, 0.25) is 0 Å². The first-order valence-electron chi connectivity index (χ1n) is 17.3. The lowest BCUT2D eigenvalue weighted by molar-refractivity contribution is -0.120.